The standard InChI is InChI=1S/C16H18N2O3S/c1-12(19)17-13-5-7-14(8-6-13)21-11-16(20)18(2)10-15-4-3-9-22-15/h3-9H,10-11H2,1-2H3,(H,17,19). The predicted molar refractivity (Wildman–Crippen MR) is 87.0 cm³/mol. The van der Waals surface area contributed by atoms with Crippen molar-refractivity contribution in [3.05, 3.63) is 46.7 Å². The van der Waals surface area contributed by atoms with Crippen molar-refractivity contribution in [1.82, 2.24) is 4.90 Å². The molecule has 0 bridgehead atoms. The minimum atomic E-state index is -0.126. The van der Waals surface area contributed by atoms with Crippen molar-refractivity contribution < 1.29 is 14.3 Å². The van der Waals surface area contributed by atoms with E-state index < -0.39 is 0 Å². The highest BCUT2D eigenvalue weighted by atomic mass is 32.1. The highest BCUT2D eigenvalue weighted by Gasteiger charge is 2.10. The van der Waals surface area contributed by atoms with Gasteiger partial charge in [-0.3, -0.25) is 9.59 Å². The van der Waals surface area contributed by atoms with Gasteiger partial charge in [0.2, 0.25) is 5.91 Å². The smallest absolute Gasteiger partial charge is 0.260 e. The minimum absolute atomic E-state index is 0.0125. The first-order valence-electron chi connectivity index (χ1n) is 6.81. The Morgan fingerprint density at radius 3 is 2.55 bits per heavy atom. The van der Waals surface area contributed by atoms with Crippen LogP contribution in [-0.4, -0.2) is 30.4 Å². The summed E-state index contributed by atoms with van der Waals surface area (Å²) in [6.07, 6.45) is 0. The van der Waals surface area contributed by atoms with Crippen LogP contribution >= 0.6 is 11.3 Å². The Morgan fingerprint density at radius 1 is 1.23 bits per heavy atom. The van der Waals surface area contributed by atoms with E-state index in [1.807, 2.05) is 17.5 Å². The average molecular weight is 318 g/mol. The van der Waals surface area contributed by atoms with Gasteiger partial charge in [-0.05, 0) is 35.7 Å². The molecule has 6 heteroatoms. The molecule has 2 amide bonds. The fourth-order valence-electron chi connectivity index (χ4n) is 1.82. The third-order valence-corrected chi connectivity index (χ3v) is 3.80. The molecule has 0 fully saturated rings. The summed E-state index contributed by atoms with van der Waals surface area (Å²) in [6.45, 7) is 2.02. The van der Waals surface area contributed by atoms with Gasteiger partial charge < -0.3 is 15.0 Å². The van der Waals surface area contributed by atoms with Crippen molar-refractivity contribution in [2.24, 2.45) is 0 Å². The number of thiophene rings is 1. The number of carbonyl (C=O) groups excluding carboxylic acids is 2. The molecular weight excluding hydrogens is 300 g/mol. The van der Waals surface area contributed by atoms with Gasteiger partial charge in [-0.25, -0.2) is 0 Å². The molecule has 0 radical (unpaired) electrons. The largest absolute Gasteiger partial charge is 0.484 e. The van der Waals surface area contributed by atoms with Gasteiger partial charge in [0.15, 0.2) is 6.61 Å². The van der Waals surface area contributed by atoms with Crippen molar-refractivity contribution >= 4 is 28.8 Å². The number of amides is 2. The van der Waals surface area contributed by atoms with Crippen molar-refractivity contribution in [2.75, 3.05) is 19.0 Å². The number of benzene rings is 1. The molecule has 0 aliphatic rings. The number of likely N-dealkylation sites (N-methyl/N-ethyl adjacent to an activating group) is 1. The molecular formula is C16H18N2O3S. The Morgan fingerprint density at radius 2 is 1.95 bits per heavy atom. The highest BCUT2D eigenvalue weighted by Crippen LogP contribution is 2.16. The molecule has 0 aliphatic carbocycles. The second-order valence-corrected chi connectivity index (χ2v) is 5.86. The molecule has 1 heterocycles. The van der Waals surface area contributed by atoms with E-state index in [0.29, 0.717) is 18.0 Å². The van der Waals surface area contributed by atoms with Gasteiger partial charge in [-0.15, -0.1) is 11.3 Å². The predicted octanol–water partition coefficient (Wildman–Crippen LogP) is 2.74. The summed E-state index contributed by atoms with van der Waals surface area (Å²) in [4.78, 5) is 25.7. The minimum Gasteiger partial charge on any atom is -0.484 e. The Kier molecular flexibility index (Phi) is 5.55. The summed E-state index contributed by atoms with van der Waals surface area (Å²) in [5.74, 6) is 0.380. The third kappa shape index (κ3) is 4.89. The second-order valence-electron chi connectivity index (χ2n) is 4.82. The van der Waals surface area contributed by atoms with E-state index >= 15 is 0 Å². The Balaban J connectivity index is 1.81. The summed E-state index contributed by atoms with van der Waals surface area (Å²) in [5.41, 5.74) is 0.695. The van der Waals surface area contributed by atoms with Crippen molar-refractivity contribution in [3.8, 4) is 5.75 Å². The lowest BCUT2D eigenvalue weighted by atomic mass is 10.3. The number of carbonyl (C=O) groups is 2. The van der Waals surface area contributed by atoms with E-state index in [2.05, 4.69) is 5.32 Å². The first-order valence-corrected chi connectivity index (χ1v) is 7.69. The van der Waals surface area contributed by atoms with Gasteiger partial charge >= 0.3 is 0 Å². The maximum Gasteiger partial charge on any atom is 0.260 e. The zero-order valence-corrected chi connectivity index (χ0v) is 13.4. The summed E-state index contributed by atoms with van der Waals surface area (Å²) < 4.78 is 5.47. The van der Waals surface area contributed by atoms with E-state index in [-0.39, 0.29) is 18.4 Å². The molecule has 1 aromatic heterocycles. The van der Waals surface area contributed by atoms with Crippen molar-refractivity contribution in [2.45, 2.75) is 13.5 Å². The van der Waals surface area contributed by atoms with Gasteiger partial charge in [0.05, 0.1) is 6.54 Å². The number of hydrogen-bond acceptors (Lipinski definition) is 4. The molecule has 0 saturated heterocycles. The lowest BCUT2D eigenvalue weighted by Crippen LogP contribution is -2.30. The number of rotatable bonds is 6. The molecule has 1 aromatic carbocycles. The van der Waals surface area contributed by atoms with Crippen LogP contribution in [0.2, 0.25) is 0 Å². The quantitative estimate of drug-likeness (QED) is 0.891. The number of hydrogen-bond donors (Lipinski definition) is 1. The van der Waals surface area contributed by atoms with E-state index in [0.717, 1.165) is 4.88 Å². The molecule has 5 nitrogen and oxygen atoms in total. The Labute approximate surface area is 133 Å². The van der Waals surface area contributed by atoms with Gasteiger partial charge in [-0.2, -0.15) is 0 Å². The SMILES string of the molecule is CC(=O)Nc1ccc(OCC(=O)N(C)Cc2cccs2)cc1. The van der Waals surface area contributed by atoms with Crippen LogP contribution in [0.5, 0.6) is 5.75 Å². The monoisotopic (exact) mass is 318 g/mol. The molecule has 0 spiro atoms. The van der Waals surface area contributed by atoms with Crippen LogP contribution in [0, 0.1) is 0 Å². The molecule has 0 saturated carbocycles. The molecule has 2 aromatic rings. The van der Waals surface area contributed by atoms with Crippen LogP contribution in [-0.2, 0) is 16.1 Å². The molecule has 1 N–H and O–H groups in total. The van der Waals surface area contributed by atoms with Crippen LogP contribution in [0.3, 0.4) is 0 Å². The third-order valence-electron chi connectivity index (χ3n) is 2.94. The van der Waals surface area contributed by atoms with Gasteiger partial charge in [0.25, 0.3) is 5.91 Å². The van der Waals surface area contributed by atoms with Crippen LogP contribution in [0.15, 0.2) is 41.8 Å². The molecule has 2 rings (SSSR count). The summed E-state index contributed by atoms with van der Waals surface area (Å²) in [5, 5.41) is 4.66. The van der Waals surface area contributed by atoms with E-state index in [4.69, 9.17) is 4.74 Å². The summed E-state index contributed by atoms with van der Waals surface area (Å²) in [7, 11) is 1.76. The van der Waals surface area contributed by atoms with Crippen LogP contribution in [0.1, 0.15) is 11.8 Å². The number of ether oxygens (including phenoxy) is 1. The van der Waals surface area contributed by atoms with E-state index in [1.165, 1.54) is 6.92 Å². The lowest BCUT2D eigenvalue weighted by molar-refractivity contribution is -0.132. The van der Waals surface area contributed by atoms with Crippen LogP contribution in [0.25, 0.3) is 0 Å². The fraction of sp³-hybridized carbons (Fsp3) is 0.250. The summed E-state index contributed by atoms with van der Waals surface area (Å²) in [6, 6.07) is 10.9. The first kappa shape index (κ1) is 16.0. The van der Waals surface area contributed by atoms with Crippen molar-refractivity contribution in [1.29, 1.82) is 0 Å². The van der Waals surface area contributed by atoms with Gasteiger partial charge in [0.1, 0.15) is 5.75 Å². The molecule has 116 valence electrons. The van der Waals surface area contributed by atoms with Gasteiger partial charge in [0, 0.05) is 24.5 Å². The Hall–Kier alpha value is -2.34. The van der Waals surface area contributed by atoms with E-state index in [9.17, 15) is 9.59 Å². The topological polar surface area (TPSA) is 58.6 Å². The molecule has 0 atom stereocenters. The summed E-state index contributed by atoms with van der Waals surface area (Å²) >= 11 is 1.62. The fourth-order valence-corrected chi connectivity index (χ4v) is 2.57. The average Bonchev–Trinajstić information content (AvgIpc) is 2.98. The zero-order chi connectivity index (χ0) is 15.9. The van der Waals surface area contributed by atoms with Crippen LogP contribution in [0.4, 0.5) is 5.69 Å². The zero-order valence-electron chi connectivity index (χ0n) is 12.5. The normalized spacial score (nSPS) is 10.1. The lowest BCUT2D eigenvalue weighted by Gasteiger charge is -2.16. The maximum atomic E-state index is 12.0. The molecule has 0 aliphatic heterocycles. The van der Waals surface area contributed by atoms with Crippen LogP contribution < -0.4 is 10.1 Å². The highest BCUT2D eigenvalue weighted by molar-refractivity contribution is 7.09. The maximum absolute atomic E-state index is 12.0. The van der Waals surface area contributed by atoms with Gasteiger partial charge in [-0.1, -0.05) is 6.07 Å². The molecule has 22 heavy (non-hydrogen) atoms. The first-order chi connectivity index (χ1) is 10.5. The van der Waals surface area contributed by atoms with E-state index in [1.54, 1.807) is 47.5 Å². The number of nitrogens with one attached hydrogen (secondary N) is 1. The number of nitrogens with zero attached hydrogens (tertiary/aromatic N) is 1. The second kappa shape index (κ2) is 7.61. The Bertz CT molecular complexity index is 623. The molecule has 0 unspecified atom stereocenters. The number of anilines is 1. The van der Waals surface area contributed by atoms with Crippen molar-refractivity contribution in [3.63, 3.8) is 0 Å².